The van der Waals surface area contributed by atoms with Gasteiger partial charge in [-0.3, -0.25) is 0 Å². The van der Waals surface area contributed by atoms with Crippen molar-refractivity contribution in [3.8, 4) is 0 Å². The fraction of sp³-hybridized carbons (Fsp3) is 0.0357. The van der Waals surface area contributed by atoms with Gasteiger partial charge in [-0.25, -0.2) is 4.79 Å². The number of carbonyl (C=O) groups excluding carboxylic acids is 1. The van der Waals surface area contributed by atoms with E-state index in [1.165, 1.54) is 7.11 Å². The molecule has 0 atom stereocenters. The molecule has 33 heavy (non-hydrogen) atoms. The number of carbonyl (C=O) groups is 1. The predicted molar refractivity (Wildman–Crippen MR) is 144 cm³/mol. The maximum absolute atomic E-state index is 12.0. The monoisotopic (exact) mass is 486 g/mol. The first-order valence-electron chi connectivity index (χ1n) is 10.5. The first-order chi connectivity index (χ1) is 16.1. The van der Waals surface area contributed by atoms with Gasteiger partial charge in [0.15, 0.2) is 0 Å². The lowest BCUT2D eigenvalue weighted by Gasteiger charge is -2.27. The zero-order chi connectivity index (χ0) is 23.1. The molecule has 0 unspecified atom stereocenters. The van der Waals surface area contributed by atoms with Crippen molar-refractivity contribution < 1.29 is 9.53 Å². The topological polar surface area (TPSA) is 26.3 Å². The van der Waals surface area contributed by atoms with Gasteiger partial charge in [0, 0.05) is 16.2 Å². The molecule has 164 valence electrons. The van der Waals surface area contributed by atoms with E-state index >= 15 is 0 Å². The van der Waals surface area contributed by atoms with E-state index in [0.29, 0.717) is 5.56 Å². The van der Waals surface area contributed by atoms with Crippen molar-refractivity contribution >= 4 is 51.5 Å². The van der Waals surface area contributed by atoms with Gasteiger partial charge in [-0.1, -0.05) is 115 Å². The Labute approximate surface area is 204 Å². The van der Waals surface area contributed by atoms with E-state index in [1.807, 2.05) is 66.7 Å². The Hall–Kier alpha value is -2.91. The van der Waals surface area contributed by atoms with Crippen molar-refractivity contribution in [1.29, 1.82) is 0 Å². The quantitative estimate of drug-likeness (QED) is 0.165. The molecule has 0 aliphatic carbocycles. The second kappa shape index (κ2) is 10.8. The van der Waals surface area contributed by atoms with Crippen LogP contribution in [0, 0.1) is 0 Å². The third-order valence-electron chi connectivity index (χ3n) is 5.23. The van der Waals surface area contributed by atoms with Crippen molar-refractivity contribution in [3.05, 3.63) is 132 Å². The van der Waals surface area contributed by atoms with Gasteiger partial charge < -0.3 is 4.74 Å². The number of ether oxygens (including phenoxy) is 1. The van der Waals surface area contributed by atoms with Gasteiger partial charge >= 0.3 is 5.97 Å². The first-order valence-corrected chi connectivity index (χ1v) is 14.1. The Balaban J connectivity index is 1.91. The summed E-state index contributed by atoms with van der Waals surface area (Å²) in [7, 11) is 1.39. The highest BCUT2D eigenvalue weighted by atomic mass is 32.4. The van der Waals surface area contributed by atoms with Gasteiger partial charge in [-0.15, -0.1) is 0 Å². The third-order valence-corrected chi connectivity index (χ3v) is 11.3. The maximum Gasteiger partial charge on any atom is 0.337 e. The molecule has 0 N–H and O–H groups in total. The first kappa shape index (κ1) is 23.3. The molecule has 0 fully saturated rings. The number of thioether (sulfide) groups is 1. The summed E-state index contributed by atoms with van der Waals surface area (Å²) in [6, 6.07) is 36.1. The van der Waals surface area contributed by atoms with Crippen LogP contribution in [0.15, 0.2) is 126 Å². The SMILES string of the molecule is COC(=O)c1ccc(/C(=C\Sc2ccccc2)P(=S)(c2ccccc2)c2ccccc2)cc1. The number of rotatable bonds is 7. The molecule has 0 saturated carbocycles. The fourth-order valence-electron chi connectivity index (χ4n) is 3.54. The van der Waals surface area contributed by atoms with Crippen LogP contribution < -0.4 is 10.6 Å². The van der Waals surface area contributed by atoms with Crippen molar-refractivity contribution in [2.45, 2.75) is 4.90 Å². The van der Waals surface area contributed by atoms with E-state index in [0.717, 1.165) is 26.4 Å². The van der Waals surface area contributed by atoms with Crippen molar-refractivity contribution in [3.63, 3.8) is 0 Å². The molecule has 0 aliphatic rings. The molecule has 0 amide bonds. The number of hydrogen-bond donors (Lipinski definition) is 0. The molecule has 4 aromatic carbocycles. The molecule has 5 heteroatoms. The third kappa shape index (κ3) is 5.20. The highest BCUT2D eigenvalue weighted by Gasteiger charge is 2.28. The molecule has 0 aliphatic heterocycles. The fourth-order valence-corrected chi connectivity index (χ4v) is 8.98. The second-order valence-electron chi connectivity index (χ2n) is 7.28. The van der Waals surface area contributed by atoms with Crippen LogP contribution in [0.25, 0.3) is 5.31 Å². The molecular weight excluding hydrogens is 463 g/mol. The van der Waals surface area contributed by atoms with Gasteiger partial charge in [0.1, 0.15) is 0 Å². The minimum Gasteiger partial charge on any atom is -0.465 e. The zero-order valence-electron chi connectivity index (χ0n) is 18.1. The van der Waals surface area contributed by atoms with Crippen molar-refractivity contribution in [1.82, 2.24) is 0 Å². The van der Waals surface area contributed by atoms with Crippen LogP contribution >= 0.6 is 17.8 Å². The normalized spacial score (nSPS) is 11.7. The highest BCUT2D eigenvalue weighted by Crippen LogP contribution is 2.58. The van der Waals surface area contributed by atoms with Crippen LogP contribution in [0.1, 0.15) is 15.9 Å². The van der Waals surface area contributed by atoms with Crippen molar-refractivity contribution in [2.24, 2.45) is 0 Å². The number of methoxy groups -OCH3 is 1. The predicted octanol–water partition coefficient (Wildman–Crippen LogP) is 6.69. The Kier molecular flexibility index (Phi) is 7.61. The summed E-state index contributed by atoms with van der Waals surface area (Å²) in [4.78, 5) is 13.1. The number of benzene rings is 4. The standard InChI is InChI=1S/C28H23O2PS2/c1-30-28(29)23-19-17-22(18-20-23)27(21-33-26-15-9-4-10-16-26)31(32,24-11-5-2-6-12-24)25-13-7-3-8-14-25/h2-21H,1H3/b27-21+. The smallest absolute Gasteiger partial charge is 0.337 e. The average Bonchev–Trinajstić information content (AvgIpc) is 2.90. The summed E-state index contributed by atoms with van der Waals surface area (Å²) in [5.41, 5.74) is 1.52. The summed E-state index contributed by atoms with van der Waals surface area (Å²) < 4.78 is 4.88. The van der Waals surface area contributed by atoms with Gasteiger partial charge in [0.05, 0.1) is 12.7 Å². The highest BCUT2D eigenvalue weighted by molar-refractivity contribution is 8.27. The van der Waals surface area contributed by atoms with Crippen LogP contribution in [-0.2, 0) is 16.5 Å². The lowest BCUT2D eigenvalue weighted by molar-refractivity contribution is 0.0600. The van der Waals surface area contributed by atoms with Crippen LogP contribution in [0.4, 0.5) is 0 Å². The van der Waals surface area contributed by atoms with Gasteiger partial charge in [-0.05, 0) is 45.8 Å². The summed E-state index contributed by atoms with van der Waals surface area (Å²) in [5.74, 6) is -0.351. The molecule has 4 rings (SSSR count). The Bertz CT molecular complexity index is 1240. The van der Waals surface area contributed by atoms with E-state index in [9.17, 15) is 4.79 Å². The minimum atomic E-state index is -2.38. The van der Waals surface area contributed by atoms with E-state index < -0.39 is 6.04 Å². The summed E-state index contributed by atoms with van der Waals surface area (Å²) in [6.07, 6.45) is 0. The summed E-state index contributed by atoms with van der Waals surface area (Å²) >= 11 is 8.26. The van der Waals surface area contributed by atoms with E-state index in [2.05, 4.69) is 41.8 Å². The molecule has 0 spiro atoms. The molecule has 2 nitrogen and oxygen atoms in total. The molecular formula is C28H23O2PS2. The van der Waals surface area contributed by atoms with E-state index in [4.69, 9.17) is 16.5 Å². The Morgan fingerprint density at radius 1 is 0.727 bits per heavy atom. The van der Waals surface area contributed by atoms with Gasteiger partial charge in [-0.2, -0.15) is 0 Å². The molecule has 0 bridgehead atoms. The molecule has 0 saturated heterocycles. The molecule has 4 aromatic rings. The summed E-state index contributed by atoms with van der Waals surface area (Å²) in [6.45, 7) is 0. The van der Waals surface area contributed by atoms with Crippen LogP contribution in [0.5, 0.6) is 0 Å². The lowest BCUT2D eigenvalue weighted by Crippen LogP contribution is -2.16. The number of esters is 1. The maximum atomic E-state index is 12.0. The van der Waals surface area contributed by atoms with Crippen LogP contribution in [-0.4, -0.2) is 13.1 Å². The van der Waals surface area contributed by atoms with E-state index in [1.54, 1.807) is 23.9 Å². The van der Waals surface area contributed by atoms with Crippen LogP contribution in [0.3, 0.4) is 0 Å². The zero-order valence-corrected chi connectivity index (χ0v) is 20.7. The molecule has 0 radical (unpaired) electrons. The second-order valence-corrected chi connectivity index (χ2v) is 12.6. The summed E-state index contributed by atoms with van der Waals surface area (Å²) in [5, 5.41) is 5.52. The Morgan fingerprint density at radius 3 is 1.67 bits per heavy atom. The van der Waals surface area contributed by atoms with Crippen molar-refractivity contribution in [2.75, 3.05) is 7.11 Å². The Morgan fingerprint density at radius 2 is 1.18 bits per heavy atom. The van der Waals surface area contributed by atoms with Gasteiger partial charge in [0.2, 0.25) is 0 Å². The molecule has 0 heterocycles. The number of hydrogen-bond acceptors (Lipinski definition) is 4. The van der Waals surface area contributed by atoms with E-state index in [-0.39, 0.29) is 5.97 Å². The largest absolute Gasteiger partial charge is 0.465 e. The molecule has 0 aromatic heterocycles. The average molecular weight is 487 g/mol. The van der Waals surface area contributed by atoms with Crippen LogP contribution in [0.2, 0.25) is 0 Å². The lowest BCUT2D eigenvalue weighted by atomic mass is 10.1. The van der Waals surface area contributed by atoms with Gasteiger partial charge in [0.25, 0.3) is 0 Å². The minimum absolute atomic E-state index is 0.351.